The van der Waals surface area contributed by atoms with Crippen molar-refractivity contribution in [3.8, 4) is 0 Å². The molecule has 0 aliphatic heterocycles. The highest BCUT2D eigenvalue weighted by atomic mass is 16.3. The molecule has 5 nitrogen and oxygen atoms in total. The van der Waals surface area contributed by atoms with E-state index < -0.39 is 24.2 Å². The Hall–Kier alpha value is -1.17. The predicted octanol–water partition coefficient (Wildman–Crippen LogP) is 8.70. The molecule has 3 atom stereocenters. The van der Waals surface area contributed by atoms with Gasteiger partial charge in [0, 0.05) is 0 Å². The summed E-state index contributed by atoms with van der Waals surface area (Å²) in [6.45, 7) is 4.16. The van der Waals surface area contributed by atoms with Gasteiger partial charge in [0.15, 0.2) is 0 Å². The number of rotatable bonds is 30. The van der Waals surface area contributed by atoms with Crippen molar-refractivity contribution in [1.29, 1.82) is 0 Å². The van der Waals surface area contributed by atoms with Crippen LogP contribution in [0.2, 0.25) is 0 Å². The van der Waals surface area contributed by atoms with E-state index in [1.807, 2.05) is 0 Å². The van der Waals surface area contributed by atoms with Crippen molar-refractivity contribution in [3.05, 3.63) is 24.3 Å². The van der Waals surface area contributed by atoms with Crippen LogP contribution >= 0.6 is 0 Å². The molecule has 5 heteroatoms. The second-order valence-electron chi connectivity index (χ2n) is 11.8. The Balaban J connectivity index is 3.76. The predicted molar refractivity (Wildman–Crippen MR) is 171 cm³/mol. The van der Waals surface area contributed by atoms with Crippen molar-refractivity contribution >= 4 is 5.91 Å². The molecule has 0 fully saturated rings. The van der Waals surface area contributed by atoms with Gasteiger partial charge in [0.25, 0.3) is 0 Å². The van der Waals surface area contributed by atoms with Gasteiger partial charge in [-0.15, -0.1) is 0 Å². The summed E-state index contributed by atoms with van der Waals surface area (Å²) in [6.07, 6.45) is 34.3. The molecule has 0 rings (SSSR count). The molecule has 0 aromatic rings. The Labute approximate surface area is 248 Å². The van der Waals surface area contributed by atoms with Crippen LogP contribution in [0.15, 0.2) is 24.3 Å². The van der Waals surface area contributed by atoms with E-state index in [9.17, 15) is 20.1 Å². The number of hydrogen-bond donors (Lipinski definition) is 4. The first-order valence-electron chi connectivity index (χ1n) is 17.2. The van der Waals surface area contributed by atoms with E-state index in [-0.39, 0.29) is 6.61 Å². The molecule has 0 aliphatic rings. The molecule has 4 N–H and O–H groups in total. The Morgan fingerprint density at radius 2 is 1.00 bits per heavy atom. The smallest absolute Gasteiger partial charge is 0.249 e. The molecule has 0 aliphatic carbocycles. The largest absolute Gasteiger partial charge is 0.394 e. The maximum atomic E-state index is 12.4. The van der Waals surface area contributed by atoms with Gasteiger partial charge >= 0.3 is 0 Å². The van der Waals surface area contributed by atoms with E-state index in [1.54, 1.807) is 0 Å². The zero-order valence-electron chi connectivity index (χ0n) is 26.5. The van der Waals surface area contributed by atoms with Gasteiger partial charge in [-0.25, -0.2) is 0 Å². The molecule has 3 unspecified atom stereocenters. The summed E-state index contributed by atoms with van der Waals surface area (Å²) >= 11 is 0. The zero-order chi connectivity index (χ0) is 29.5. The topological polar surface area (TPSA) is 89.8 Å². The molecule has 1 amide bonds. The quantitative estimate of drug-likeness (QED) is 0.0518. The highest BCUT2D eigenvalue weighted by Crippen LogP contribution is 2.14. The summed E-state index contributed by atoms with van der Waals surface area (Å²) in [5.41, 5.74) is 0. The lowest BCUT2D eigenvalue weighted by atomic mass is 10.0. The molecule has 0 spiro atoms. The number of carbonyl (C=O) groups excluding carboxylic acids is 1. The van der Waals surface area contributed by atoms with Gasteiger partial charge in [-0.1, -0.05) is 154 Å². The van der Waals surface area contributed by atoms with E-state index in [4.69, 9.17) is 0 Å². The fourth-order valence-corrected chi connectivity index (χ4v) is 5.06. The molecule has 0 bridgehead atoms. The number of aliphatic hydroxyl groups excluding tert-OH is 3. The third-order valence-corrected chi connectivity index (χ3v) is 7.85. The van der Waals surface area contributed by atoms with Crippen LogP contribution in [0, 0.1) is 0 Å². The van der Waals surface area contributed by atoms with E-state index in [0.717, 1.165) is 44.9 Å². The number of hydrogen-bond acceptors (Lipinski definition) is 4. The lowest BCUT2D eigenvalue weighted by Gasteiger charge is -2.23. The third kappa shape index (κ3) is 25.8. The SMILES string of the molecule is CCCCC/C=C\C=C/CCCCCCCC(O)C(=O)NC(CO)C(O)CCCCCCCCCCCCCC. The average Bonchev–Trinajstić information content (AvgIpc) is 2.96. The summed E-state index contributed by atoms with van der Waals surface area (Å²) in [5, 5.41) is 33.0. The molecule has 236 valence electrons. The second-order valence-corrected chi connectivity index (χ2v) is 11.8. The van der Waals surface area contributed by atoms with Crippen molar-refractivity contribution in [3.63, 3.8) is 0 Å². The standard InChI is InChI=1S/C35H67NO4/c1-3-5-7-9-11-13-15-17-18-20-22-24-26-28-30-34(39)35(40)36-32(31-37)33(38)29-27-25-23-21-19-16-14-12-10-8-6-4-2/h11,13,15,17,32-34,37-39H,3-10,12,14,16,18-31H2,1-2H3,(H,36,40)/b13-11-,17-15-. The molecular formula is C35H67NO4. The first-order chi connectivity index (χ1) is 19.6. The fourth-order valence-electron chi connectivity index (χ4n) is 5.06. The number of amides is 1. The minimum absolute atomic E-state index is 0.318. The minimum atomic E-state index is -1.08. The molecule has 0 aromatic carbocycles. The monoisotopic (exact) mass is 566 g/mol. The van der Waals surface area contributed by atoms with E-state index in [1.165, 1.54) is 96.3 Å². The van der Waals surface area contributed by atoms with Crippen LogP contribution in [-0.2, 0) is 4.79 Å². The first kappa shape index (κ1) is 38.8. The second kappa shape index (κ2) is 30.8. The van der Waals surface area contributed by atoms with Crippen molar-refractivity contribution < 1.29 is 20.1 Å². The summed E-state index contributed by atoms with van der Waals surface area (Å²) in [4.78, 5) is 12.4. The summed E-state index contributed by atoms with van der Waals surface area (Å²) in [7, 11) is 0. The van der Waals surface area contributed by atoms with Crippen LogP contribution in [0.4, 0.5) is 0 Å². The first-order valence-corrected chi connectivity index (χ1v) is 17.2. The van der Waals surface area contributed by atoms with Gasteiger partial charge in [-0.3, -0.25) is 4.79 Å². The lowest BCUT2D eigenvalue weighted by Crippen LogP contribution is -2.49. The molecule has 0 radical (unpaired) electrons. The number of allylic oxidation sites excluding steroid dienone is 4. The maximum Gasteiger partial charge on any atom is 0.249 e. The van der Waals surface area contributed by atoms with Crippen LogP contribution in [0.3, 0.4) is 0 Å². The Morgan fingerprint density at radius 3 is 1.50 bits per heavy atom. The van der Waals surface area contributed by atoms with Crippen molar-refractivity contribution in [2.24, 2.45) is 0 Å². The number of carbonyl (C=O) groups is 1. The summed E-state index contributed by atoms with van der Waals surface area (Å²) < 4.78 is 0. The van der Waals surface area contributed by atoms with Gasteiger partial charge in [0.2, 0.25) is 5.91 Å². The van der Waals surface area contributed by atoms with Crippen LogP contribution in [0.1, 0.15) is 168 Å². The Kier molecular flexibility index (Phi) is 29.9. The van der Waals surface area contributed by atoms with Gasteiger partial charge in [-0.2, -0.15) is 0 Å². The molecule has 40 heavy (non-hydrogen) atoms. The highest BCUT2D eigenvalue weighted by molar-refractivity contribution is 5.80. The highest BCUT2D eigenvalue weighted by Gasteiger charge is 2.23. The van der Waals surface area contributed by atoms with Crippen LogP contribution in [0.25, 0.3) is 0 Å². The van der Waals surface area contributed by atoms with E-state index in [0.29, 0.717) is 12.8 Å². The summed E-state index contributed by atoms with van der Waals surface area (Å²) in [6, 6.07) is -0.714. The number of aliphatic hydroxyl groups is 3. The third-order valence-electron chi connectivity index (χ3n) is 7.85. The molecule has 0 saturated carbocycles. The van der Waals surface area contributed by atoms with E-state index >= 15 is 0 Å². The van der Waals surface area contributed by atoms with Gasteiger partial charge in [0.05, 0.1) is 18.8 Å². The van der Waals surface area contributed by atoms with E-state index in [2.05, 4.69) is 43.5 Å². The fraction of sp³-hybridized carbons (Fsp3) is 0.857. The molecule has 0 aromatic heterocycles. The average molecular weight is 566 g/mol. The Morgan fingerprint density at radius 1 is 0.600 bits per heavy atom. The van der Waals surface area contributed by atoms with Gasteiger partial charge in [-0.05, 0) is 38.5 Å². The van der Waals surface area contributed by atoms with Gasteiger partial charge in [0.1, 0.15) is 6.10 Å². The zero-order valence-corrected chi connectivity index (χ0v) is 26.5. The molecular weight excluding hydrogens is 498 g/mol. The minimum Gasteiger partial charge on any atom is -0.394 e. The summed E-state index contributed by atoms with van der Waals surface area (Å²) in [5.74, 6) is -0.485. The van der Waals surface area contributed by atoms with Crippen LogP contribution in [0.5, 0.6) is 0 Å². The number of nitrogens with one attached hydrogen (secondary N) is 1. The van der Waals surface area contributed by atoms with Gasteiger partial charge < -0.3 is 20.6 Å². The molecule has 0 heterocycles. The normalized spacial score (nSPS) is 14.2. The van der Waals surface area contributed by atoms with Crippen molar-refractivity contribution in [2.45, 2.75) is 186 Å². The van der Waals surface area contributed by atoms with Crippen molar-refractivity contribution in [2.75, 3.05) is 6.61 Å². The van der Waals surface area contributed by atoms with Crippen LogP contribution in [-0.4, -0.2) is 46.1 Å². The maximum absolute atomic E-state index is 12.4. The van der Waals surface area contributed by atoms with Crippen LogP contribution < -0.4 is 5.32 Å². The van der Waals surface area contributed by atoms with Crippen molar-refractivity contribution in [1.82, 2.24) is 5.32 Å². The molecule has 0 saturated heterocycles. The lowest BCUT2D eigenvalue weighted by molar-refractivity contribution is -0.131. The Bertz CT molecular complexity index is 592. The number of unbranched alkanes of at least 4 members (excludes halogenated alkanes) is 19.